The number of benzene rings is 5. The van der Waals surface area contributed by atoms with Crippen LogP contribution < -0.4 is 16.4 Å². The van der Waals surface area contributed by atoms with E-state index in [-0.39, 0.29) is 24.0 Å². The highest BCUT2D eigenvalue weighted by Crippen LogP contribution is 2.51. The molecule has 0 spiro atoms. The average Bonchev–Trinajstić information content (AvgIpc) is 3.74. The number of hydrogen-bond donors (Lipinski definition) is 4. The summed E-state index contributed by atoms with van der Waals surface area (Å²) in [5, 5.41) is 15.2. The number of amides is 2. The van der Waals surface area contributed by atoms with E-state index in [9.17, 15) is 22.8 Å². The molecule has 5 N–H and O–H groups in total. The second-order valence-corrected chi connectivity index (χ2v) is 11.5. The van der Waals surface area contributed by atoms with Crippen molar-refractivity contribution in [2.75, 3.05) is 10.6 Å². The number of halogens is 3. The van der Waals surface area contributed by atoms with Gasteiger partial charge in [-0.05, 0) is 76.7 Å². The topological polar surface area (TPSA) is 131 Å². The van der Waals surface area contributed by atoms with Crippen LogP contribution in [-0.4, -0.2) is 34.8 Å². The molecule has 8 nitrogen and oxygen atoms in total. The highest BCUT2D eigenvalue weighted by atomic mass is 19.4. The van der Waals surface area contributed by atoms with E-state index in [0.29, 0.717) is 16.9 Å². The van der Waals surface area contributed by atoms with E-state index in [1.807, 2.05) is 54.6 Å². The molecule has 2 atom stereocenters. The Morgan fingerprint density at radius 1 is 0.771 bits per heavy atom. The predicted molar refractivity (Wildman–Crippen MR) is 177 cm³/mol. The van der Waals surface area contributed by atoms with Crippen LogP contribution in [-0.2, 0) is 22.6 Å². The summed E-state index contributed by atoms with van der Waals surface area (Å²) in [5.74, 6) is -2.70. The number of nitrogens with two attached hydrogens (primary N) is 1. The van der Waals surface area contributed by atoms with Crippen LogP contribution in [0.15, 0.2) is 121 Å². The summed E-state index contributed by atoms with van der Waals surface area (Å²) >= 11 is 0. The van der Waals surface area contributed by atoms with Crippen LogP contribution in [0.25, 0.3) is 10.8 Å². The van der Waals surface area contributed by atoms with Gasteiger partial charge in [-0.25, -0.2) is 9.59 Å². The number of fused-ring (bicyclic) bond motifs is 1. The lowest BCUT2D eigenvalue weighted by atomic mass is 9.97. The number of carboxylic acid groups (broad SMARTS) is 1. The molecule has 0 radical (unpaired) electrons. The van der Waals surface area contributed by atoms with Crippen molar-refractivity contribution in [3.63, 3.8) is 0 Å². The summed E-state index contributed by atoms with van der Waals surface area (Å²) in [6.07, 6.45) is -3.87. The highest BCUT2D eigenvalue weighted by Gasteiger charge is 2.51. The van der Waals surface area contributed by atoms with Gasteiger partial charge in [0, 0.05) is 28.4 Å². The Balaban J connectivity index is 0.000000582. The van der Waals surface area contributed by atoms with E-state index < -0.39 is 18.2 Å². The highest BCUT2D eigenvalue weighted by molar-refractivity contribution is 6.04. The third-order valence-corrected chi connectivity index (χ3v) is 7.88. The molecular weight excluding hydrogens is 623 g/mol. The second-order valence-electron chi connectivity index (χ2n) is 11.5. The fourth-order valence-corrected chi connectivity index (χ4v) is 5.28. The van der Waals surface area contributed by atoms with Gasteiger partial charge < -0.3 is 20.9 Å². The molecule has 0 heterocycles. The molecule has 246 valence electrons. The van der Waals surface area contributed by atoms with Gasteiger partial charge in [0.15, 0.2) is 0 Å². The minimum atomic E-state index is -5.08. The van der Waals surface area contributed by atoms with E-state index in [1.54, 1.807) is 24.3 Å². The molecular formula is C37H32F3N3O5. The van der Waals surface area contributed by atoms with Crippen LogP contribution in [0.1, 0.15) is 39.4 Å². The first-order valence-corrected chi connectivity index (χ1v) is 15.0. The first-order valence-electron chi connectivity index (χ1n) is 15.0. The summed E-state index contributed by atoms with van der Waals surface area (Å²) < 4.78 is 37.0. The van der Waals surface area contributed by atoms with Gasteiger partial charge in [-0.1, -0.05) is 84.9 Å². The Morgan fingerprint density at radius 2 is 1.35 bits per heavy atom. The Hall–Kier alpha value is -5.68. The molecule has 0 bridgehead atoms. The number of aliphatic carboxylic acids is 1. The van der Waals surface area contributed by atoms with Crippen molar-refractivity contribution in [1.29, 1.82) is 0 Å². The number of rotatable bonds is 8. The van der Waals surface area contributed by atoms with E-state index in [1.165, 1.54) is 21.9 Å². The maximum absolute atomic E-state index is 12.8. The molecule has 6 rings (SSSR count). The van der Waals surface area contributed by atoms with Crippen LogP contribution in [0.4, 0.5) is 29.3 Å². The van der Waals surface area contributed by atoms with Crippen molar-refractivity contribution >= 4 is 40.1 Å². The summed E-state index contributed by atoms with van der Waals surface area (Å²) in [5.41, 5.74) is 11.6. The van der Waals surface area contributed by atoms with Gasteiger partial charge in [-0.2, -0.15) is 13.2 Å². The summed E-state index contributed by atoms with van der Waals surface area (Å²) in [4.78, 5) is 33.8. The Morgan fingerprint density at radius 3 is 2.00 bits per heavy atom. The zero-order chi connectivity index (χ0) is 34.3. The lowest BCUT2D eigenvalue weighted by molar-refractivity contribution is -0.192. The van der Waals surface area contributed by atoms with E-state index >= 15 is 0 Å². The van der Waals surface area contributed by atoms with Gasteiger partial charge in [-0.15, -0.1) is 0 Å². The Kier molecular flexibility index (Phi) is 10.1. The van der Waals surface area contributed by atoms with Crippen molar-refractivity contribution in [2.24, 2.45) is 5.73 Å². The second kappa shape index (κ2) is 14.4. The zero-order valence-electron chi connectivity index (χ0n) is 25.5. The van der Waals surface area contributed by atoms with Crippen LogP contribution in [0, 0.1) is 0 Å². The molecule has 5 aromatic rings. The maximum atomic E-state index is 12.8. The average molecular weight is 656 g/mol. The molecule has 0 aromatic heterocycles. The number of anilines is 2. The van der Waals surface area contributed by atoms with Crippen molar-refractivity contribution in [3.8, 4) is 0 Å². The molecule has 1 aliphatic rings. The lowest BCUT2D eigenvalue weighted by Gasteiger charge is -2.13. The number of carbonyl (C=O) groups is 3. The SMILES string of the molecule is NC1(Cc2ccc3ccccc3c2)CC1c1ccc(NC(=O)c2ccc(NC(=O)OCc3ccccc3)cc2)cc1.O=C(O)C(F)(F)F. The van der Waals surface area contributed by atoms with Gasteiger partial charge in [0.05, 0.1) is 0 Å². The quantitative estimate of drug-likeness (QED) is 0.134. The van der Waals surface area contributed by atoms with Crippen LogP contribution >= 0.6 is 0 Å². The number of carboxylic acids is 1. The first-order chi connectivity index (χ1) is 22.9. The Labute approximate surface area is 274 Å². The van der Waals surface area contributed by atoms with Crippen molar-refractivity contribution in [3.05, 3.63) is 144 Å². The summed E-state index contributed by atoms with van der Waals surface area (Å²) in [6.45, 7) is 0.184. The molecule has 0 aliphatic heterocycles. The van der Waals surface area contributed by atoms with Gasteiger partial charge in [0.1, 0.15) is 6.61 Å². The number of carbonyl (C=O) groups excluding carboxylic acids is 2. The molecule has 0 saturated heterocycles. The predicted octanol–water partition coefficient (Wildman–Crippen LogP) is 7.90. The number of hydrogen-bond acceptors (Lipinski definition) is 5. The van der Waals surface area contributed by atoms with Gasteiger partial charge in [0.2, 0.25) is 0 Å². The monoisotopic (exact) mass is 655 g/mol. The molecule has 2 unspecified atom stereocenters. The molecule has 48 heavy (non-hydrogen) atoms. The first kappa shape index (κ1) is 33.7. The van der Waals surface area contributed by atoms with E-state index in [4.69, 9.17) is 20.4 Å². The minimum Gasteiger partial charge on any atom is -0.475 e. The molecule has 11 heteroatoms. The van der Waals surface area contributed by atoms with E-state index in [0.717, 1.165) is 18.4 Å². The van der Waals surface area contributed by atoms with Crippen molar-refractivity contribution in [2.45, 2.75) is 37.1 Å². The van der Waals surface area contributed by atoms with Gasteiger partial charge in [0.25, 0.3) is 5.91 Å². The lowest BCUT2D eigenvalue weighted by Crippen LogP contribution is -2.27. The fraction of sp³-hybridized carbons (Fsp3) is 0.162. The summed E-state index contributed by atoms with van der Waals surface area (Å²) in [7, 11) is 0. The third kappa shape index (κ3) is 8.98. The zero-order valence-corrected chi connectivity index (χ0v) is 25.5. The number of nitrogens with one attached hydrogen (secondary N) is 2. The molecule has 1 aliphatic carbocycles. The van der Waals surface area contributed by atoms with Crippen LogP contribution in [0.2, 0.25) is 0 Å². The third-order valence-electron chi connectivity index (χ3n) is 7.88. The standard InChI is InChI=1S/C35H31N3O3.C2HF3O2/c36-35(21-25-10-11-26-8-4-5-9-29(26)20-25)22-32(35)27-12-16-30(17-13-27)37-33(39)28-14-18-31(19-15-28)38-34(40)41-23-24-6-2-1-3-7-24;3-2(4,5)1(6)7/h1-20,32H,21-23,36H2,(H,37,39)(H,38,40);(H,6,7). The van der Waals surface area contributed by atoms with Crippen LogP contribution in [0.3, 0.4) is 0 Å². The maximum Gasteiger partial charge on any atom is 0.490 e. The molecule has 1 saturated carbocycles. The summed E-state index contributed by atoms with van der Waals surface area (Å²) in [6, 6.07) is 39.0. The molecule has 2 amide bonds. The van der Waals surface area contributed by atoms with Crippen molar-refractivity contribution in [1.82, 2.24) is 0 Å². The Bertz CT molecular complexity index is 1900. The fourth-order valence-electron chi connectivity index (χ4n) is 5.28. The van der Waals surface area contributed by atoms with Gasteiger partial charge >= 0.3 is 18.2 Å². The largest absolute Gasteiger partial charge is 0.490 e. The molecule has 5 aromatic carbocycles. The van der Waals surface area contributed by atoms with Gasteiger partial charge in [-0.3, -0.25) is 10.1 Å². The van der Waals surface area contributed by atoms with Crippen LogP contribution in [0.5, 0.6) is 0 Å². The smallest absolute Gasteiger partial charge is 0.475 e. The normalized spacial score (nSPS) is 16.6. The van der Waals surface area contributed by atoms with E-state index in [2.05, 4.69) is 53.1 Å². The molecule has 1 fully saturated rings. The number of ether oxygens (including phenoxy) is 1. The minimum absolute atomic E-state index is 0.184. The number of alkyl halides is 3. The van der Waals surface area contributed by atoms with Crippen molar-refractivity contribution < 1.29 is 37.4 Å².